The molecule has 0 aliphatic rings. The van der Waals surface area contributed by atoms with Gasteiger partial charge in [0.2, 0.25) is 0 Å². The maximum atomic E-state index is 10.5. The minimum absolute atomic E-state index is 0.401. The zero-order valence-electron chi connectivity index (χ0n) is 6.54. The highest BCUT2D eigenvalue weighted by atomic mass is 31.2. The minimum atomic E-state index is -3.21. The molecule has 1 unspecified atom stereocenters. The summed E-state index contributed by atoms with van der Waals surface area (Å²) in [6, 6.07) is 0. The molecule has 0 saturated carbocycles. The van der Waals surface area contributed by atoms with Gasteiger partial charge >= 0.3 is 7.60 Å². The maximum absolute atomic E-state index is 10.5. The van der Waals surface area contributed by atoms with Crippen molar-refractivity contribution in [2.45, 2.75) is 26.2 Å². The fourth-order valence-corrected chi connectivity index (χ4v) is 1.05. The topological polar surface area (TPSA) is 46.5 Å². The molecule has 1 N–H and O–H groups in total. The lowest BCUT2D eigenvalue weighted by atomic mass is 10.3. The molecule has 0 rings (SSSR count). The molecule has 0 aromatic carbocycles. The van der Waals surface area contributed by atoms with Crippen molar-refractivity contribution in [2.75, 3.05) is 13.3 Å². The van der Waals surface area contributed by atoms with Crippen LogP contribution < -0.4 is 0 Å². The van der Waals surface area contributed by atoms with Crippen molar-refractivity contribution in [3.63, 3.8) is 0 Å². The molecule has 0 fully saturated rings. The average Bonchev–Trinajstić information content (AvgIpc) is 1.78. The van der Waals surface area contributed by atoms with Gasteiger partial charge in [0, 0.05) is 6.66 Å². The van der Waals surface area contributed by atoms with Crippen molar-refractivity contribution < 1.29 is 14.0 Å². The second kappa shape index (κ2) is 4.89. The second-order valence-corrected chi connectivity index (χ2v) is 4.21. The van der Waals surface area contributed by atoms with Gasteiger partial charge in [-0.1, -0.05) is 19.8 Å². The molecule has 0 aliphatic carbocycles. The Hall–Kier alpha value is 0.150. The Balaban J connectivity index is 3.13. The number of rotatable bonds is 5. The Labute approximate surface area is 61.9 Å². The second-order valence-electron chi connectivity index (χ2n) is 2.34. The maximum Gasteiger partial charge on any atom is 0.325 e. The fourth-order valence-electron chi connectivity index (χ4n) is 0.586. The molecule has 10 heavy (non-hydrogen) atoms. The van der Waals surface area contributed by atoms with Gasteiger partial charge in [0.05, 0.1) is 6.61 Å². The fraction of sp³-hybridized carbons (Fsp3) is 1.00. The van der Waals surface area contributed by atoms with Gasteiger partial charge in [-0.25, -0.2) is 0 Å². The van der Waals surface area contributed by atoms with E-state index in [1.54, 1.807) is 0 Å². The predicted molar refractivity (Wildman–Crippen MR) is 41.2 cm³/mol. The van der Waals surface area contributed by atoms with Crippen LogP contribution in [0.2, 0.25) is 0 Å². The van der Waals surface area contributed by atoms with Crippen molar-refractivity contribution in [3.8, 4) is 0 Å². The molecule has 3 nitrogen and oxygen atoms in total. The van der Waals surface area contributed by atoms with Gasteiger partial charge in [-0.2, -0.15) is 0 Å². The molecular weight excluding hydrogens is 151 g/mol. The quantitative estimate of drug-likeness (QED) is 0.502. The molecular formula is C6H15O3P. The molecule has 0 aromatic heterocycles. The van der Waals surface area contributed by atoms with Crippen LogP contribution in [0.25, 0.3) is 0 Å². The number of hydrogen-bond donors (Lipinski definition) is 1. The predicted octanol–water partition coefficient (Wildman–Crippen LogP) is 2.01. The van der Waals surface area contributed by atoms with Crippen molar-refractivity contribution >= 4 is 7.60 Å². The monoisotopic (exact) mass is 166 g/mol. The summed E-state index contributed by atoms with van der Waals surface area (Å²) in [5, 5.41) is 0. The Morgan fingerprint density at radius 3 is 2.50 bits per heavy atom. The van der Waals surface area contributed by atoms with E-state index in [1.165, 1.54) is 6.66 Å². The van der Waals surface area contributed by atoms with Gasteiger partial charge in [-0.3, -0.25) is 4.57 Å². The third-order valence-corrected chi connectivity index (χ3v) is 1.74. The first-order valence-corrected chi connectivity index (χ1v) is 5.53. The van der Waals surface area contributed by atoms with E-state index in [-0.39, 0.29) is 0 Å². The van der Waals surface area contributed by atoms with E-state index in [4.69, 9.17) is 4.89 Å². The van der Waals surface area contributed by atoms with Gasteiger partial charge in [0.25, 0.3) is 0 Å². The summed E-state index contributed by atoms with van der Waals surface area (Å²) in [6.45, 7) is 3.68. The largest absolute Gasteiger partial charge is 0.325 e. The Morgan fingerprint density at radius 1 is 1.50 bits per heavy atom. The van der Waals surface area contributed by atoms with Gasteiger partial charge in [0.15, 0.2) is 0 Å². The molecule has 0 amide bonds. The van der Waals surface area contributed by atoms with Crippen LogP contribution in [0.15, 0.2) is 0 Å². The van der Waals surface area contributed by atoms with Crippen LogP contribution in [0, 0.1) is 0 Å². The molecule has 62 valence electrons. The first-order valence-electron chi connectivity index (χ1n) is 3.51. The summed E-state index contributed by atoms with van der Waals surface area (Å²) >= 11 is 0. The summed E-state index contributed by atoms with van der Waals surface area (Å²) in [5.41, 5.74) is 0. The van der Waals surface area contributed by atoms with Crippen LogP contribution in [-0.2, 0) is 9.09 Å². The summed E-state index contributed by atoms with van der Waals surface area (Å²) in [7, 11) is -3.21. The smallest absolute Gasteiger partial charge is 0.324 e. The highest BCUT2D eigenvalue weighted by molar-refractivity contribution is 7.51. The van der Waals surface area contributed by atoms with Gasteiger partial charge < -0.3 is 9.42 Å². The molecule has 4 heteroatoms. The van der Waals surface area contributed by atoms with Crippen LogP contribution in [0.4, 0.5) is 0 Å². The van der Waals surface area contributed by atoms with E-state index in [2.05, 4.69) is 11.4 Å². The summed E-state index contributed by atoms with van der Waals surface area (Å²) in [5.74, 6) is 0. The van der Waals surface area contributed by atoms with E-state index in [0.29, 0.717) is 6.61 Å². The normalized spacial score (nSPS) is 16.7. The molecule has 0 radical (unpaired) electrons. The number of hydrogen-bond acceptors (Lipinski definition) is 2. The standard InChI is InChI=1S/C6H15O3P/c1-3-4-5-6-9-10(2,7)8/h3-6H2,1-2H3,(H,7,8). The van der Waals surface area contributed by atoms with Crippen molar-refractivity contribution in [1.29, 1.82) is 0 Å². The van der Waals surface area contributed by atoms with E-state index >= 15 is 0 Å². The van der Waals surface area contributed by atoms with Crippen LogP contribution in [0.3, 0.4) is 0 Å². The Bertz CT molecular complexity index is 118. The summed E-state index contributed by atoms with van der Waals surface area (Å²) < 4.78 is 15.2. The van der Waals surface area contributed by atoms with Crippen molar-refractivity contribution in [3.05, 3.63) is 0 Å². The van der Waals surface area contributed by atoms with Crippen LogP contribution in [0.1, 0.15) is 26.2 Å². The van der Waals surface area contributed by atoms with Gasteiger partial charge in [-0.05, 0) is 6.42 Å². The third kappa shape index (κ3) is 8.15. The van der Waals surface area contributed by atoms with Crippen LogP contribution in [0.5, 0.6) is 0 Å². The molecule has 0 aromatic rings. The lowest BCUT2D eigenvalue weighted by Crippen LogP contribution is -1.90. The van der Waals surface area contributed by atoms with E-state index < -0.39 is 7.60 Å². The first-order chi connectivity index (χ1) is 4.56. The molecule has 0 aliphatic heterocycles. The van der Waals surface area contributed by atoms with Crippen molar-refractivity contribution in [1.82, 2.24) is 0 Å². The van der Waals surface area contributed by atoms with E-state index in [9.17, 15) is 4.57 Å². The van der Waals surface area contributed by atoms with Gasteiger partial charge in [-0.15, -0.1) is 0 Å². The van der Waals surface area contributed by atoms with Crippen LogP contribution in [-0.4, -0.2) is 18.2 Å². The molecule has 0 bridgehead atoms. The molecule has 0 spiro atoms. The molecule has 0 saturated heterocycles. The van der Waals surface area contributed by atoms with Gasteiger partial charge in [0.1, 0.15) is 0 Å². The minimum Gasteiger partial charge on any atom is -0.324 e. The lowest BCUT2D eigenvalue weighted by Gasteiger charge is -2.04. The third-order valence-electron chi connectivity index (χ3n) is 1.08. The van der Waals surface area contributed by atoms with E-state index in [0.717, 1.165) is 19.3 Å². The highest BCUT2D eigenvalue weighted by Crippen LogP contribution is 2.36. The summed E-state index contributed by atoms with van der Waals surface area (Å²) in [4.78, 5) is 8.65. The zero-order valence-corrected chi connectivity index (χ0v) is 7.43. The molecule has 0 heterocycles. The van der Waals surface area contributed by atoms with E-state index in [1.807, 2.05) is 0 Å². The number of unbranched alkanes of at least 4 members (excludes halogenated alkanes) is 2. The average molecular weight is 166 g/mol. The van der Waals surface area contributed by atoms with Crippen molar-refractivity contribution in [2.24, 2.45) is 0 Å². The Morgan fingerprint density at radius 2 is 2.10 bits per heavy atom. The first kappa shape index (κ1) is 10.2. The SMILES string of the molecule is CCCCCOP(C)(=O)O. The highest BCUT2D eigenvalue weighted by Gasteiger charge is 2.07. The summed E-state index contributed by atoms with van der Waals surface area (Å²) in [6.07, 6.45) is 3.03. The van der Waals surface area contributed by atoms with Crippen LogP contribution >= 0.6 is 7.60 Å². The zero-order chi connectivity index (χ0) is 8.04. The molecule has 1 atom stereocenters. The lowest BCUT2D eigenvalue weighted by molar-refractivity contribution is 0.258. The Kier molecular flexibility index (Phi) is 4.96.